The highest BCUT2D eigenvalue weighted by Crippen LogP contribution is 2.44. The molecule has 1 unspecified atom stereocenters. The summed E-state index contributed by atoms with van der Waals surface area (Å²) in [6.45, 7) is 9.94. The van der Waals surface area contributed by atoms with Crippen molar-refractivity contribution in [1.29, 1.82) is 0 Å². The molecule has 2 rings (SSSR count). The van der Waals surface area contributed by atoms with Crippen LogP contribution in [0, 0.1) is 17.3 Å². The third kappa shape index (κ3) is 3.61. The fraction of sp³-hybridized carbons (Fsp3) is 0.812. The second-order valence-electron chi connectivity index (χ2n) is 7.32. The highest BCUT2D eigenvalue weighted by atomic mass is 35.5. The van der Waals surface area contributed by atoms with Gasteiger partial charge in [-0.05, 0) is 49.9 Å². The molecule has 0 saturated heterocycles. The second kappa shape index (κ2) is 6.67. The SMILES string of the molecule is CCn1ncc(Cl)c1C(NN)C1CCC(C(C)(C)C)CC1. The second-order valence-corrected chi connectivity index (χ2v) is 7.72. The fourth-order valence-electron chi connectivity index (χ4n) is 3.69. The first-order valence-electron chi connectivity index (χ1n) is 8.05. The van der Waals surface area contributed by atoms with Crippen LogP contribution in [0.25, 0.3) is 0 Å². The van der Waals surface area contributed by atoms with E-state index >= 15 is 0 Å². The molecule has 3 N–H and O–H groups in total. The summed E-state index contributed by atoms with van der Waals surface area (Å²) in [4.78, 5) is 0. The van der Waals surface area contributed by atoms with Crippen molar-refractivity contribution in [3.05, 3.63) is 16.9 Å². The Morgan fingerprint density at radius 2 is 2.00 bits per heavy atom. The average molecular weight is 313 g/mol. The van der Waals surface area contributed by atoms with Crippen LogP contribution in [0.5, 0.6) is 0 Å². The van der Waals surface area contributed by atoms with E-state index in [1.165, 1.54) is 25.7 Å². The number of hydrogen-bond acceptors (Lipinski definition) is 3. The lowest BCUT2D eigenvalue weighted by Gasteiger charge is -2.39. The molecule has 1 fully saturated rings. The van der Waals surface area contributed by atoms with Gasteiger partial charge in [-0.1, -0.05) is 32.4 Å². The molecule has 120 valence electrons. The summed E-state index contributed by atoms with van der Waals surface area (Å²) in [5.74, 6) is 7.20. The smallest absolute Gasteiger partial charge is 0.0834 e. The predicted molar refractivity (Wildman–Crippen MR) is 87.9 cm³/mol. The number of nitrogens with zero attached hydrogens (tertiary/aromatic N) is 2. The summed E-state index contributed by atoms with van der Waals surface area (Å²) in [6, 6.07) is 0.0980. The summed E-state index contributed by atoms with van der Waals surface area (Å²) in [7, 11) is 0. The van der Waals surface area contributed by atoms with Crippen molar-refractivity contribution in [3.63, 3.8) is 0 Å². The Hall–Kier alpha value is -0.580. The molecular weight excluding hydrogens is 284 g/mol. The Morgan fingerprint density at radius 1 is 1.38 bits per heavy atom. The van der Waals surface area contributed by atoms with Crippen LogP contribution < -0.4 is 11.3 Å². The molecule has 0 radical (unpaired) electrons. The topological polar surface area (TPSA) is 55.9 Å². The van der Waals surface area contributed by atoms with Gasteiger partial charge in [0.2, 0.25) is 0 Å². The molecule has 1 saturated carbocycles. The zero-order chi connectivity index (χ0) is 15.6. The molecule has 5 heteroatoms. The molecule has 1 aliphatic carbocycles. The van der Waals surface area contributed by atoms with Gasteiger partial charge in [-0.25, -0.2) is 0 Å². The first kappa shape index (κ1) is 16.8. The third-order valence-electron chi connectivity index (χ3n) is 5.07. The molecule has 0 amide bonds. The van der Waals surface area contributed by atoms with Crippen LogP contribution in [0.3, 0.4) is 0 Å². The Kier molecular flexibility index (Phi) is 5.33. The zero-order valence-electron chi connectivity index (χ0n) is 13.7. The molecule has 21 heavy (non-hydrogen) atoms. The van der Waals surface area contributed by atoms with Gasteiger partial charge in [0.25, 0.3) is 0 Å². The minimum Gasteiger partial charge on any atom is -0.271 e. The van der Waals surface area contributed by atoms with Gasteiger partial charge in [-0.3, -0.25) is 16.0 Å². The number of nitrogens with one attached hydrogen (secondary N) is 1. The van der Waals surface area contributed by atoms with E-state index in [9.17, 15) is 0 Å². The maximum atomic E-state index is 6.34. The molecule has 1 aromatic rings. The lowest BCUT2D eigenvalue weighted by Crippen LogP contribution is -2.38. The summed E-state index contributed by atoms with van der Waals surface area (Å²) in [5, 5.41) is 5.06. The number of aromatic nitrogens is 2. The Labute approximate surface area is 133 Å². The quantitative estimate of drug-likeness (QED) is 0.654. The van der Waals surface area contributed by atoms with Crippen molar-refractivity contribution in [2.24, 2.45) is 23.1 Å². The molecular formula is C16H29ClN4. The first-order chi connectivity index (χ1) is 9.88. The number of hydrazine groups is 1. The van der Waals surface area contributed by atoms with E-state index in [1.807, 2.05) is 4.68 Å². The minimum atomic E-state index is 0.0980. The van der Waals surface area contributed by atoms with Crippen molar-refractivity contribution >= 4 is 11.6 Å². The van der Waals surface area contributed by atoms with Gasteiger partial charge >= 0.3 is 0 Å². The molecule has 1 aromatic heterocycles. The number of hydrogen-bond donors (Lipinski definition) is 2. The van der Waals surface area contributed by atoms with E-state index in [1.54, 1.807) is 6.20 Å². The van der Waals surface area contributed by atoms with Crippen molar-refractivity contribution in [3.8, 4) is 0 Å². The van der Waals surface area contributed by atoms with Crippen molar-refractivity contribution in [1.82, 2.24) is 15.2 Å². The summed E-state index contributed by atoms with van der Waals surface area (Å²) < 4.78 is 1.96. The largest absolute Gasteiger partial charge is 0.271 e. The highest BCUT2D eigenvalue weighted by Gasteiger charge is 2.34. The molecule has 1 aliphatic rings. The normalized spacial score (nSPS) is 25.0. The van der Waals surface area contributed by atoms with Crippen LogP contribution in [0.1, 0.15) is 65.1 Å². The van der Waals surface area contributed by atoms with Crippen LogP contribution in [-0.4, -0.2) is 9.78 Å². The lowest BCUT2D eigenvalue weighted by molar-refractivity contribution is 0.130. The van der Waals surface area contributed by atoms with E-state index in [-0.39, 0.29) is 6.04 Å². The highest BCUT2D eigenvalue weighted by molar-refractivity contribution is 6.31. The Bertz CT molecular complexity index is 455. The maximum Gasteiger partial charge on any atom is 0.0834 e. The number of aryl methyl sites for hydroxylation is 1. The predicted octanol–water partition coefficient (Wildman–Crippen LogP) is 3.91. The van der Waals surface area contributed by atoms with Gasteiger partial charge in [0.15, 0.2) is 0 Å². The monoisotopic (exact) mass is 312 g/mol. The molecule has 0 aromatic carbocycles. The van der Waals surface area contributed by atoms with Crippen molar-refractivity contribution < 1.29 is 0 Å². The van der Waals surface area contributed by atoms with Gasteiger partial charge in [-0.2, -0.15) is 5.10 Å². The molecule has 0 spiro atoms. The van der Waals surface area contributed by atoms with E-state index in [2.05, 4.69) is 38.2 Å². The zero-order valence-corrected chi connectivity index (χ0v) is 14.5. The van der Waals surface area contributed by atoms with E-state index < -0.39 is 0 Å². The molecule has 1 heterocycles. The van der Waals surface area contributed by atoms with Crippen molar-refractivity contribution in [2.75, 3.05) is 0 Å². The van der Waals surface area contributed by atoms with Crippen LogP contribution in [0.4, 0.5) is 0 Å². The molecule has 4 nitrogen and oxygen atoms in total. The van der Waals surface area contributed by atoms with Gasteiger partial charge in [-0.15, -0.1) is 0 Å². The van der Waals surface area contributed by atoms with Crippen LogP contribution in [0.15, 0.2) is 6.20 Å². The Morgan fingerprint density at radius 3 is 2.48 bits per heavy atom. The molecule has 0 aliphatic heterocycles. The lowest BCUT2D eigenvalue weighted by atomic mass is 9.68. The van der Waals surface area contributed by atoms with E-state index in [0.29, 0.717) is 11.3 Å². The maximum absolute atomic E-state index is 6.34. The van der Waals surface area contributed by atoms with Crippen LogP contribution in [-0.2, 0) is 6.54 Å². The molecule has 1 atom stereocenters. The first-order valence-corrected chi connectivity index (χ1v) is 8.43. The average Bonchev–Trinajstić information content (AvgIpc) is 2.81. The van der Waals surface area contributed by atoms with Crippen LogP contribution >= 0.6 is 11.6 Å². The third-order valence-corrected chi connectivity index (χ3v) is 5.37. The summed E-state index contributed by atoms with van der Waals surface area (Å²) in [6.07, 6.45) is 6.66. The Balaban J connectivity index is 2.11. The number of halogens is 1. The van der Waals surface area contributed by atoms with Crippen molar-refractivity contribution in [2.45, 2.75) is 66.0 Å². The van der Waals surface area contributed by atoms with Gasteiger partial charge in [0.1, 0.15) is 0 Å². The fourth-order valence-corrected chi connectivity index (χ4v) is 3.95. The minimum absolute atomic E-state index is 0.0980. The van der Waals surface area contributed by atoms with E-state index in [0.717, 1.165) is 23.2 Å². The number of rotatable bonds is 4. The molecule has 0 bridgehead atoms. The van der Waals surface area contributed by atoms with Crippen LogP contribution in [0.2, 0.25) is 5.02 Å². The summed E-state index contributed by atoms with van der Waals surface area (Å²) >= 11 is 6.34. The van der Waals surface area contributed by atoms with Gasteiger partial charge < -0.3 is 0 Å². The van der Waals surface area contributed by atoms with E-state index in [4.69, 9.17) is 17.4 Å². The van der Waals surface area contributed by atoms with Gasteiger partial charge in [0, 0.05) is 6.54 Å². The van der Waals surface area contributed by atoms with Gasteiger partial charge in [0.05, 0.1) is 23.0 Å². The standard InChI is InChI=1S/C16H29ClN4/c1-5-21-15(13(17)10-19-21)14(20-18)11-6-8-12(9-7-11)16(2,3)4/h10-12,14,20H,5-9,18H2,1-4H3. The number of nitrogens with two attached hydrogens (primary N) is 1. The summed E-state index contributed by atoms with van der Waals surface area (Å²) in [5.41, 5.74) is 4.44.